The minimum atomic E-state index is -0.672. The third kappa shape index (κ3) is 2.49. The van der Waals surface area contributed by atoms with E-state index in [9.17, 15) is 14.4 Å². The molecule has 2 saturated heterocycles. The Hall–Kier alpha value is -2.41. The first-order valence-electron chi connectivity index (χ1n) is 8.99. The number of carbonyl (C=O) groups is 3. The van der Waals surface area contributed by atoms with Gasteiger partial charge in [-0.15, -0.1) is 0 Å². The van der Waals surface area contributed by atoms with Crippen LogP contribution in [-0.4, -0.2) is 56.0 Å². The number of rotatable bonds is 2. The van der Waals surface area contributed by atoms with Crippen LogP contribution in [0.25, 0.3) is 0 Å². The molecule has 3 heterocycles. The second kappa shape index (κ2) is 6.09. The molecule has 0 unspecified atom stereocenters. The van der Waals surface area contributed by atoms with Crippen LogP contribution in [0.1, 0.15) is 28.8 Å². The van der Waals surface area contributed by atoms with Gasteiger partial charge in [-0.25, -0.2) is 0 Å². The standard InChI is InChI=1S/C19H23N3O4/c1-21-15-4-2-13(8-12(15)3-5-16(21)23)17(24)22-9-14-10-26-7-6-19(14,11-22)18(20)25/h2,4,8,14H,3,5-7,9-11H2,1H3,(H2,20,25)/t14-,19+/m1/s1. The molecule has 0 radical (unpaired) electrons. The molecule has 7 heteroatoms. The Morgan fingerprint density at radius 2 is 2.12 bits per heavy atom. The first-order valence-corrected chi connectivity index (χ1v) is 8.99. The highest BCUT2D eigenvalue weighted by Gasteiger charge is 2.53. The highest BCUT2D eigenvalue weighted by atomic mass is 16.5. The van der Waals surface area contributed by atoms with Crippen LogP contribution in [0.3, 0.4) is 0 Å². The molecule has 138 valence electrons. The summed E-state index contributed by atoms with van der Waals surface area (Å²) in [5, 5.41) is 0. The SMILES string of the molecule is CN1C(=O)CCc2cc(C(=O)N3C[C@@H]4COCC[C@]4(C(N)=O)C3)ccc21. The van der Waals surface area contributed by atoms with Gasteiger partial charge >= 0.3 is 0 Å². The number of hydrogen-bond donors (Lipinski definition) is 1. The molecule has 3 aliphatic rings. The fraction of sp³-hybridized carbons (Fsp3) is 0.526. The Labute approximate surface area is 152 Å². The van der Waals surface area contributed by atoms with Gasteiger partial charge in [0.2, 0.25) is 11.8 Å². The lowest BCUT2D eigenvalue weighted by molar-refractivity contribution is -0.135. The molecule has 1 aromatic carbocycles. The van der Waals surface area contributed by atoms with Crippen LogP contribution in [0.5, 0.6) is 0 Å². The van der Waals surface area contributed by atoms with Crippen molar-refractivity contribution in [2.45, 2.75) is 19.3 Å². The summed E-state index contributed by atoms with van der Waals surface area (Å²) in [5.74, 6) is -0.392. The number of nitrogens with zero attached hydrogens (tertiary/aromatic N) is 2. The first kappa shape index (κ1) is 17.0. The quantitative estimate of drug-likeness (QED) is 0.837. The van der Waals surface area contributed by atoms with E-state index in [2.05, 4.69) is 0 Å². The number of nitrogens with two attached hydrogens (primary N) is 1. The van der Waals surface area contributed by atoms with Gasteiger partial charge in [-0.2, -0.15) is 0 Å². The van der Waals surface area contributed by atoms with E-state index < -0.39 is 5.41 Å². The van der Waals surface area contributed by atoms with Gasteiger partial charge in [0.1, 0.15) is 0 Å². The third-order valence-corrected chi connectivity index (χ3v) is 6.15. The van der Waals surface area contributed by atoms with Gasteiger partial charge < -0.3 is 20.3 Å². The molecule has 3 aliphatic heterocycles. The molecule has 4 rings (SSSR count). The highest BCUT2D eigenvalue weighted by molar-refractivity contribution is 5.99. The molecule has 3 amide bonds. The Bertz CT molecular complexity index is 793. The van der Waals surface area contributed by atoms with Crippen LogP contribution in [0, 0.1) is 11.3 Å². The van der Waals surface area contributed by atoms with E-state index in [0.29, 0.717) is 51.1 Å². The maximum atomic E-state index is 13.0. The number of ether oxygens (including phenoxy) is 1. The second-order valence-corrected chi connectivity index (χ2v) is 7.52. The number of primary amides is 1. The zero-order valence-electron chi connectivity index (χ0n) is 14.9. The summed E-state index contributed by atoms with van der Waals surface area (Å²) in [4.78, 5) is 40.3. The number of anilines is 1. The summed E-state index contributed by atoms with van der Waals surface area (Å²) in [6.07, 6.45) is 1.66. The van der Waals surface area contributed by atoms with Crippen LogP contribution >= 0.6 is 0 Å². The fourth-order valence-corrected chi connectivity index (χ4v) is 4.48. The minimum Gasteiger partial charge on any atom is -0.381 e. The van der Waals surface area contributed by atoms with E-state index in [4.69, 9.17) is 10.5 Å². The predicted octanol–water partition coefficient (Wildman–Crippen LogP) is 0.560. The lowest BCUT2D eigenvalue weighted by Crippen LogP contribution is -2.48. The van der Waals surface area contributed by atoms with E-state index in [0.717, 1.165) is 11.3 Å². The summed E-state index contributed by atoms with van der Waals surface area (Å²) in [7, 11) is 1.75. The van der Waals surface area contributed by atoms with Crippen molar-refractivity contribution in [3.63, 3.8) is 0 Å². The molecule has 26 heavy (non-hydrogen) atoms. The molecule has 0 bridgehead atoms. The van der Waals surface area contributed by atoms with Gasteiger partial charge in [0.25, 0.3) is 5.91 Å². The van der Waals surface area contributed by atoms with E-state index in [1.165, 1.54) is 0 Å². The number of hydrogen-bond acceptors (Lipinski definition) is 4. The predicted molar refractivity (Wildman–Crippen MR) is 94.6 cm³/mol. The molecule has 0 spiro atoms. The maximum absolute atomic E-state index is 13.0. The van der Waals surface area contributed by atoms with Crippen LogP contribution in [0.2, 0.25) is 0 Å². The summed E-state index contributed by atoms with van der Waals surface area (Å²) in [6, 6.07) is 5.46. The van der Waals surface area contributed by atoms with E-state index in [1.807, 2.05) is 12.1 Å². The summed E-state index contributed by atoms with van der Waals surface area (Å²) >= 11 is 0. The first-order chi connectivity index (χ1) is 12.4. The topological polar surface area (TPSA) is 92.9 Å². The van der Waals surface area contributed by atoms with Gasteiger partial charge in [-0.05, 0) is 36.6 Å². The van der Waals surface area contributed by atoms with Crippen molar-refractivity contribution in [1.82, 2.24) is 4.90 Å². The number of likely N-dealkylation sites (tertiary alicyclic amines) is 1. The molecule has 0 aliphatic carbocycles. The average Bonchev–Trinajstić information content (AvgIpc) is 3.05. The molecule has 0 aromatic heterocycles. The van der Waals surface area contributed by atoms with Crippen molar-refractivity contribution in [2.24, 2.45) is 17.1 Å². The van der Waals surface area contributed by atoms with Crippen LogP contribution in [-0.2, 0) is 20.7 Å². The summed E-state index contributed by atoms with van der Waals surface area (Å²) < 4.78 is 5.51. The largest absolute Gasteiger partial charge is 0.381 e. The van der Waals surface area contributed by atoms with Crippen molar-refractivity contribution >= 4 is 23.4 Å². The van der Waals surface area contributed by atoms with Crippen molar-refractivity contribution in [2.75, 3.05) is 38.3 Å². The molecule has 2 fully saturated rings. The van der Waals surface area contributed by atoms with Gasteiger partial charge in [0, 0.05) is 50.3 Å². The lowest BCUT2D eigenvalue weighted by atomic mass is 9.74. The number of carbonyl (C=O) groups excluding carboxylic acids is 3. The molecule has 2 N–H and O–H groups in total. The summed E-state index contributed by atoms with van der Waals surface area (Å²) in [5.41, 5.74) is 7.47. The zero-order chi connectivity index (χ0) is 18.5. The number of fused-ring (bicyclic) bond motifs is 2. The van der Waals surface area contributed by atoms with Gasteiger partial charge in [-0.1, -0.05) is 0 Å². The third-order valence-electron chi connectivity index (χ3n) is 6.15. The molecular formula is C19H23N3O4. The molecule has 2 atom stereocenters. The second-order valence-electron chi connectivity index (χ2n) is 7.52. The molecular weight excluding hydrogens is 334 g/mol. The van der Waals surface area contributed by atoms with E-state index >= 15 is 0 Å². The Morgan fingerprint density at radius 3 is 2.85 bits per heavy atom. The molecule has 0 saturated carbocycles. The number of aryl methyl sites for hydroxylation is 1. The van der Waals surface area contributed by atoms with Crippen LogP contribution in [0.4, 0.5) is 5.69 Å². The Morgan fingerprint density at radius 1 is 1.31 bits per heavy atom. The monoisotopic (exact) mass is 357 g/mol. The Kier molecular flexibility index (Phi) is 3.99. The fourth-order valence-electron chi connectivity index (χ4n) is 4.48. The average molecular weight is 357 g/mol. The van der Waals surface area contributed by atoms with Crippen molar-refractivity contribution < 1.29 is 19.1 Å². The number of amides is 3. The lowest BCUT2D eigenvalue weighted by Gasteiger charge is -2.35. The molecule has 1 aromatic rings. The number of benzene rings is 1. The minimum absolute atomic E-state index is 0.0425. The van der Waals surface area contributed by atoms with Crippen LogP contribution in [0.15, 0.2) is 18.2 Å². The highest BCUT2D eigenvalue weighted by Crippen LogP contribution is 2.42. The van der Waals surface area contributed by atoms with Crippen LogP contribution < -0.4 is 10.6 Å². The smallest absolute Gasteiger partial charge is 0.253 e. The van der Waals surface area contributed by atoms with Crippen molar-refractivity contribution in [3.8, 4) is 0 Å². The van der Waals surface area contributed by atoms with Crippen molar-refractivity contribution in [1.29, 1.82) is 0 Å². The Balaban J connectivity index is 1.59. The summed E-state index contributed by atoms with van der Waals surface area (Å²) in [6.45, 7) is 1.80. The normalized spacial score (nSPS) is 27.9. The van der Waals surface area contributed by atoms with Gasteiger partial charge in [0.15, 0.2) is 0 Å². The molecule has 7 nitrogen and oxygen atoms in total. The zero-order valence-corrected chi connectivity index (χ0v) is 14.9. The van der Waals surface area contributed by atoms with E-state index in [-0.39, 0.29) is 23.6 Å². The maximum Gasteiger partial charge on any atom is 0.253 e. The van der Waals surface area contributed by atoms with Crippen molar-refractivity contribution in [3.05, 3.63) is 29.3 Å². The van der Waals surface area contributed by atoms with E-state index in [1.54, 1.807) is 22.9 Å². The van der Waals surface area contributed by atoms with Gasteiger partial charge in [-0.3, -0.25) is 14.4 Å². The van der Waals surface area contributed by atoms with Gasteiger partial charge in [0.05, 0.1) is 12.0 Å².